The number of hydrogen-bond acceptors (Lipinski definition) is 4. The average molecular weight is 210 g/mol. The number of hydrogen-bond donors (Lipinski definition) is 0. The van der Waals surface area contributed by atoms with Crippen LogP contribution in [-0.4, -0.2) is 27.3 Å². The van der Waals surface area contributed by atoms with Crippen LogP contribution < -0.4 is 4.74 Å². The van der Waals surface area contributed by atoms with Crippen molar-refractivity contribution in [3.05, 3.63) is 29.8 Å². The van der Waals surface area contributed by atoms with Crippen LogP contribution in [0.2, 0.25) is 0 Å². The summed E-state index contributed by atoms with van der Waals surface area (Å²) < 4.78 is 14.7. The molecule has 0 fully saturated rings. The summed E-state index contributed by atoms with van der Waals surface area (Å²) in [6.45, 7) is 0. The van der Waals surface area contributed by atoms with Crippen LogP contribution in [0.1, 0.15) is 11.7 Å². The largest absolute Gasteiger partial charge is 0.497 e. The maximum atomic E-state index is 11.3. The van der Waals surface area contributed by atoms with E-state index >= 15 is 0 Å². The van der Waals surface area contributed by atoms with Crippen LogP contribution in [0.4, 0.5) is 0 Å². The molecule has 0 aliphatic heterocycles. The molecule has 4 nitrogen and oxygen atoms in total. The molecule has 1 atom stereocenters. The van der Waals surface area contributed by atoms with E-state index in [2.05, 4.69) is 4.74 Å². The molecule has 0 saturated carbocycles. The van der Waals surface area contributed by atoms with Crippen molar-refractivity contribution in [2.75, 3.05) is 21.3 Å². The minimum atomic E-state index is -0.680. The molecule has 0 heterocycles. The van der Waals surface area contributed by atoms with Crippen molar-refractivity contribution in [1.29, 1.82) is 0 Å². The zero-order valence-corrected chi connectivity index (χ0v) is 9.02. The first-order chi connectivity index (χ1) is 7.22. The zero-order chi connectivity index (χ0) is 11.3. The minimum absolute atomic E-state index is 0.414. The summed E-state index contributed by atoms with van der Waals surface area (Å²) in [4.78, 5) is 11.3. The van der Waals surface area contributed by atoms with Gasteiger partial charge in [-0.15, -0.1) is 0 Å². The molecular weight excluding hydrogens is 196 g/mol. The van der Waals surface area contributed by atoms with Crippen molar-refractivity contribution in [1.82, 2.24) is 0 Å². The minimum Gasteiger partial charge on any atom is -0.497 e. The first-order valence-electron chi connectivity index (χ1n) is 4.47. The molecule has 0 spiro atoms. The summed E-state index contributed by atoms with van der Waals surface area (Å²) in [5, 5.41) is 0. The molecule has 0 N–H and O–H groups in total. The Morgan fingerprint density at radius 2 is 1.73 bits per heavy atom. The van der Waals surface area contributed by atoms with E-state index in [9.17, 15) is 4.79 Å². The molecule has 1 rings (SSSR count). The maximum absolute atomic E-state index is 11.3. The van der Waals surface area contributed by atoms with E-state index in [1.165, 1.54) is 14.2 Å². The quantitative estimate of drug-likeness (QED) is 0.707. The molecule has 1 aromatic rings. The lowest BCUT2D eigenvalue weighted by Gasteiger charge is -2.13. The van der Waals surface area contributed by atoms with Gasteiger partial charge in [-0.2, -0.15) is 0 Å². The molecule has 0 aliphatic rings. The summed E-state index contributed by atoms with van der Waals surface area (Å²) in [5.74, 6) is 0.320. The second kappa shape index (κ2) is 5.36. The van der Waals surface area contributed by atoms with Gasteiger partial charge in [0.05, 0.1) is 14.2 Å². The lowest BCUT2D eigenvalue weighted by molar-refractivity contribution is -0.152. The Labute approximate surface area is 88.8 Å². The van der Waals surface area contributed by atoms with Crippen LogP contribution in [0.15, 0.2) is 24.3 Å². The van der Waals surface area contributed by atoms with Crippen LogP contribution in [0, 0.1) is 0 Å². The Balaban J connectivity index is 2.87. The zero-order valence-electron chi connectivity index (χ0n) is 9.02. The fourth-order valence-corrected chi connectivity index (χ4v) is 1.25. The average Bonchev–Trinajstić information content (AvgIpc) is 2.30. The molecule has 0 aliphatic carbocycles. The molecule has 0 unspecified atom stereocenters. The smallest absolute Gasteiger partial charge is 0.339 e. The van der Waals surface area contributed by atoms with Gasteiger partial charge >= 0.3 is 5.97 Å². The summed E-state index contributed by atoms with van der Waals surface area (Å²) in [6, 6.07) is 7.07. The van der Waals surface area contributed by atoms with Gasteiger partial charge in [-0.3, -0.25) is 0 Å². The first-order valence-corrected chi connectivity index (χ1v) is 4.47. The first kappa shape index (κ1) is 11.5. The van der Waals surface area contributed by atoms with Crippen LogP contribution in [0.25, 0.3) is 0 Å². The van der Waals surface area contributed by atoms with Crippen molar-refractivity contribution in [3.63, 3.8) is 0 Å². The van der Waals surface area contributed by atoms with Gasteiger partial charge in [-0.1, -0.05) is 12.1 Å². The van der Waals surface area contributed by atoms with Crippen LogP contribution in [0.5, 0.6) is 5.75 Å². The van der Waals surface area contributed by atoms with Gasteiger partial charge < -0.3 is 14.2 Å². The molecule has 15 heavy (non-hydrogen) atoms. The van der Waals surface area contributed by atoms with E-state index in [1.807, 2.05) is 0 Å². The van der Waals surface area contributed by atoms with E-state index in [-0.39, 0.29) is 0 Å². The van der Waals surface area contributed by atoms with Gasteiger partial charge in [0, 0.05) is 7.11 Å². The van der Waals surface area contributed by atoms with E-state index < -0.39 is 12.1 Å². The van der Waals surface area contributed by atoms with Crippen LogP contribution >= 0.6 is 0 Å². The molecule has 0 aromatic heterocycles. The van der Waals surface area contributed by atoms with E-state index in [0.29, 0.717) is 0 Å². The van der Waals surface area contributed by atoms with Gasteiger partial charge in [-0.05, 0) is 17.7 Å². The van der Waals surface area contributed by atoms with Gasteiger partial charge in [0.15, 0.2) is 6.10 Å². The van der Waals surface area contributed by atoms with Gasteiger partial charge in [0.25, 0.3) is 0 Å². The standard InChI is InChI=1S/C11H14O4/c1-13-9-6-4-8(5-7-9)10(14-2)11(12)15-3/h4-7,10H,1-3H3/t10-/m1/s1. The van der Waals surface area contributed by atoms with E-state index in [0.717, 1.165) is 11.3 Å². The normalized spacial score (nSPS) is 11.9. The number of methoxy groups -OCH3 is 3. The van der Waals surface area contributed by atoms with E-state index in [1.54, 1.807) is 31.4 Å². The second-order valence-electron chi connectivity index (χ2n) is 2.91. The highest BCUT2D eigenvalue weighted by Gasteiger charge is 2.20. The lowest BCUT2D eigenvalue weighted by Crippen LogP contribution is -2.15. The lowest BCUT2D eigenvalue weighted by atomic mass is 10.1. The third-order valence-electron chi connectivity index (χ3n) is 2.07. The number of rotatable bonds is 4. The summed E-state index contributed by atoms with van der Waals surface area (Å²) in [5.41, 5.74) is 0.741. The predicted molar refractivity (Wildman–Crippen MR) is 54.8 cm³/mol. The molecule has 0 saturated heterocycles. The fourth-order valence-electron chi connectivity index (χ4n) is 1.25. The SMILES string of the molecule is COC(=O)[C@H](OC)c1ccc(OC)cc1. The monoisotopic (exact) mass is 210 g/mol. The second-order valence-corrected chi connectivity index (χ2v) is 2.91. The van der Waals surface area contributed by atoms with Gasteiger partial charge in [0.2, 0.25) is 0 Å². The Kier molecular flexibility index (Phi) is 4.12. The third-order valence-corrected chi connectivity index (χ3v) is 2.07. The molecule has 4 heteroatoms. The van der Waals surface area contributed by atoms with Crippen LogP contribution in [-0.2, 0) is 14.3 Å². The number of carbonyl (C=O) groups excluding carboxylic acids is 1. The number of esters is 1. The van der Waals surface area contributed by atoms with Gasteiger partial charge in [-0.25, -0.2) is 4.79 Å². The van der Waals surface area contributed by atoms with Crippen molar-refractivity contribution < 1.29 is 19.0 Å². The number of benzene rings is 1. The molecule has 1 aromatic carbocycles. The number of carbonyl (C=O) groups is 1. The van der Waals surface area contributed by atoms with Crippen molar-refractivity contribution >= 4 is 5.97 Å². The highest BCUT2D eigenvalue weighted by Crippen LogP contribution is 2.20. The Hall–Kier alpha value is -1.55. The maximum Gasteiger partial charge on any atom is 0.339 e. The molecule has 0 radical (unpaired) electrons. The number of ether oxygens (including phenoxy) is 3. The van der Waals surface area contributed by atoms with E-state index in [4.69, 9.17) is 9.47 Å². The van der Waals surface area contributed by atoms with Crippen molar-refractivity contribution in [2.24, 2.45) is 0 Å². The summed E-state index contributed by atoms with van der Waals surface area (Å²) in [6.07, 6.45) is -0.680. The Bertz CT molecular complexity index is 318. The molecular formula is C11H14O4. The summed E-state index contributed by atoms with van der Waals surface area (Å²) >= 11 is 0. The topological polar surface area (TPSA) is 44.8 Å². The Morgan fingerprint density at radius 3 is 2.13 bits per heavy atom. The molecule has 82 valence electrons. The predicted octanol–water partition coefficient (Wildman–Crippen LogP) is 1.56. The fraction of sp³-hybridized carbons (Fsp3) is 0.364. The van der Waals surface area contributed by atoms with Crippen molar-refractivity contribution in [3.8, 4) is 5.75 Å². The highest BCUT2D eigenvalue weighted by molar-refractivity contribution is 5.76. The Morgan fingerprint density at radius 1 is 1.13 bits per heavy atom. The molecule has 0 amide bonds. The summed E-state index contributed by atoms with van der Waals surface area (Å²) in [7, 11) is 4.38. The highest BCUT2D eigenvalue weighted by atomic mass is 16.6. The third kappa shape index (κ3) is 2.70. The van der Waals surface area contributed by atoms with Crippen LogP contribution in [0.3, 0.4) is 0 Å². The molecule has 0 bridgehead atoms. The van der Waals surface area contributed by atoms with Crippen molar-refractivity contribution in [2.45, 2.75) is 6.10 Å². The van der Waals surface area contributed by atoms with Gasteiger partial charge in [0.1, 0.15) is 5.75 Å².